The standard InChI is InChI=1S/C32H36BrN3O5/c1-3-19-32(31(38)36-34-20-18-23-10-5-8-13-28(23)39-4-2)29(26-11-6-7-12-27(26)33)41-30(35-32)24-14-16-25(17-15-24)40-22-9-21-37/h3,5-8,10-17,29,34,37H,1,4,9,18-22H2,2H3,(H,36,38)/t29-,32-/m0/s1. The number of carbonyl (C=O) groups excluding carboxylic acids is 1. The fourth-order valence-electron chi connectivity index (χ4n) is 4.65. The minimum atomic E-state index is -1.30. The van der Waals surface area contributed by atoms with Crippen LogP contribution in [0.25, 0.3) is 0 Å². The SMILES string of the molecule is C=CC[C@]1(C(=O)NNCCc2ccccc2OCC)N=C(c2ccc(OCCCO)cc2)O[C@H]1c1ccccc1Br. The number of aliphatic hydroxyl groups is 1. The van der Waals surface area contributed by atoms with Crippen LogP contribution >= 0.6 is 15.9 Å². The molecule has 216 valence electrons. The molecule has 0 radical (unpaired) electrons. The first-order valence-corrected chi connectivity index (χ1v) is 14.5. The van der Waals surface area contributed by atoms with Crippen LogP contribution in [0.2, 0.25) is 0 Å². The lowest BCUT2D eigenvalue weighted by Crippen LogP contribution is -2.52. The fourth-order valence-corrected chi connectivity index (χ4v) is 5.15. The van der Waals surface area contributed by atoms with Crippen molar-refractivity contribution in [2.75, 3.05) is 26.4 Å². The molecule has 8 nitrogen and oxygen atoms in total. The monoisotopic (exact) mass is 621 g/mol. The maximum atomic E-state index is 13.9. The third-order valence-electron chi connectivity index (χ3n) is 6.67. The zero-order valence-corrected chi connectivity index (χ0v) is 24.7. The molecule has 1 aliphatic rings. The second-order valence-electron chi connectivity index (χ2n) is 9.48. The van der Waals surface area contributed by atoms with Crippen molar-refractivity contribution < 1.29 is 24.1 Å². The van der Waals surface area contributed by atoms with Crippen molar-refractivity contribution in [3.05, 3.63) is 107 Å². The van der Waals surface area contributed by atoms with Crippen LogP contribution in [-0.2, 0) is 16.0 Å². The van der Waals surface area contributed by atoms with E-state index in [4.69, 9.17) is 24.3 Å². The van der Waals surface area contributed by atoms with E-state index in [1.165, 1.54) is 0 Å². The number of rotatable bonds is 15. The summed E-state index contributed by atoms with van der Waals surface area (Å²) in [5.41, 5.74) is 7.23. The van der Waals surface area contributed by atoms with Crippen LogP contribution in [0.1, 0.15) is 42.6 Å². The highest BCUT2D eigenvalue weighted by molar-refractivity contribution is 9.10. The van der Waals surface area contributed by atoms with Gasteiger partial charge in [0, 0.05) is 41.6 Å². The number of amides is 1. The summed E-state index contributed by atoms with van der Waals surface area (Å²) in [7, 11) is 0. The Morgan fingerprint density at radius 3 is 2.61 bits per heavy atom. The number of nitrogens with one attached hydrogen (secondary N) is 2. The van der Waals surface area contributed by atoms with Gasteiger partial charge in [-0.25, -0.2) is 10.4 Å². The smallest absolute Gasteiger partial charge is 0.266 e. The van der Waals surface area contributed by atoms with Gasteiger partial charge in [0.1, 0.15) is 11.5 Å². The van der Waals surface area contributed by atoms with Crippen LogP contribution in [0, 0.1) is 0 Å². The lowest BCUT2D eigenvalue weighted by molar-refractivity contribution is -0.129. The minimum Gasteiger partial charge on any atom is -0.494 e. The molecule has 41 heavy (non-hydrogen) atoms. The molecule has 2 atom stereocenters. The van der Waals surface area contributed by atoms with Gasteiger partial charge in [-0.2, -0.15) is 0 Å². The van der Waals surface area contributed by atoms with Crippen molar-refractivity contribution in [1.29, 1.82) is 0 Å². The average molecular weight is 623 g/mol. The number of carbonyl (C=O) groups is 1. The van der Waals surface area contributed by atoms with Gasteiger partial charge in [-0.3, -0.25) is 10.2 Å². The minimum absolute atomic E-state index is 0.0715. The Kier molecular flexibility index (Phi) is 11.0. The molecule has 4 rings (SSSR count). The third-order valence-corrected chi connectivity index (χ3v) is 7.39. The molecule has 1 amide bonds. The number of aliphatic imine (C=N–C) groups is 1. The Bertz CT molecular complexity index is 1350. The number of hydrogen-bond acceptors (Lipinski definition) is 7. The lowest BCUT2D eigenvalue weighted by atomic mass is 9.84. The molecule has 9 heteroatoms. The first-order chi connectivity index (χ1) is 20.0. The molecule has 0 saturated carbocycles. The molecule has 3 N–H and O–H groups in total. The highest BCUT2D eigenvalue weighted by Gasteiger charge is 2.53. The van der Waals surface area contributed by atoms with Gasteiger partial charge in [0.05, 0.1) is 13.2 Å². The number of nitrogens with zero attached hydrogens (tertiary/aromatic N) is 1. The van der Waals surface area contributed by atoms with Crippen LogP contribution in [0.5, 0.6) is 11.5 Å². The molecule has 0 spiro atoms. The summed E-state index contributed by atoms with van der Waals surface area (Å²) in [6.45, 7) is 7.45. The first-order valence-electron chi connectivity index (χ1n) is 13.7. The number of para-hydroxylation sites is 1. The second-order valence-corrected chi connectivity index (χ2v) is 10.3. The quantitative estimate of drug-likeness (QED) is 0.121. The zero-order valence-electron chi connectivity index (χ0n) is 23.1. The third kappa shape index (κ3) is 7.35. The number of ether oxygens (including phenoxy) is 3. The van der Waals surface area contributed by atoms with Crippen LogP contribution in [0.15, 0.2) is 94.9 Å². The van der Waals surface area contributed by atoms with Crippen molar-refractivity contribution in [3.8, 4) is 11.5 Å². The predicted octanol–water partition coefficient (Wildman–Crippen LogP) is 5.31. The van der Waals surface area contributed by atoms with E-state index in [2.05, 4.69) is 33.4 Å². The fraction of sp³-hybridized carbons (Fsp3) is 0.312. The van der Waals surface area contributed by atoms with Crippen molar-refractivity contribution >= 4 is 27.7 Å². The average Bonchev–Trinajstić information content (AvgIpc) is 3.37. The maximum absolute atomic E-state index is 13.9. The van der Waals surface area contributed by atoms with Gasteiger partial charge >= 0.3 is 0 Å². The van der Waals surface area contributed by atoms with Crippen LogP contribution in [-0.4, -0.2) is 48.8 Å². The summed E-state index contributed by atoms with van der Waals surface area (Å²) in [6, 6.07) is 22.9. The number of benzene rings is 3. The highest BCUT2D eigenvalue weighted by atomic mass is 79.9. The molecule has 1 aliphatic heterocycles. The van der Waals surface area contributed by atoms with E-state index in [9.17, 15) is 4.79 Å². The normalized spacial score (nSPS) is 17.8. The molecular formula is C32H36BrN3O5. The van der Waals surface area contributed by atoms with Gasteiger partial charge in [-0.05, 0) is 55.3 Å². The van der Waals surface area contributed by atoms with Crippen molar-refractivity contribution in [2.45, 2.75) is 37.8 Å². The molecule has 0 unspecified atom stereocenters. The predicted molar refractivity (Wildman–Crippen MR) is 163 cm³/mol. The van der Waals surface area contributed by atoms with Gasteiger partial charge in [0.25, 0.3) is 5.91 Å². The number of hydrogen-bond donors (Lipinski definition) is 3. The van der Waals surface area contributed by atoms with E-state index in [1.54, 1.807) is 6.08 Å². The van der Waals surface area contributed by atoms with E-state index in [-0.39, 0.29) is 18.9 Å². The Morgan fingerprint density at radius 1 is 1.12 bits per heavy atom. The van der Waals surface area contributed by atoms with E-state index >= 15 is 0 Å². The topological polar surface area (TPSA) is 101 Å². The summed E-state index contributed by atoms with van der Waals surface area (Å²) in [4.78, 5) is 18.8. The molecule has 3 aromatic carbocycles. The van der Waals surface area contributed by atoms with Gasteiger partial charge in [-0.1, -0.05) is 58.4 Å². The van der Waals surface area contributed by atoms with Gasteiger partial charge in [-0.15, -0.1) is 6.58 Å². The summed E-state index contributed by atoms with van der Waals surface area (Å²) >= 11 is 3.63. The van der Waals surface area contributed by atoms with E-state index < -0.39 is 11.6 Å². The summed E-state index contributed by atoms with van der Waals surface area (Å²) in [6.07, 6.45) is 2.46. The first kappa shape index (κ1) is 30.3. The lowest BCUT2D eigenvalue weighted by Gasteiger charge is -2.30. The number of hydrazine groups is 1. The molecule has 0 saturated heterocycles. The number of halogens is 1. The van der Waals surface area contributed by atoms with Crippen molar-refractivity contribution in [1.82, 2.24) is 10.9 Å². The van der Waals surface area contributed by atoms with Crippen LogP contribution in [0.3, 0.4) is 0 Å². The summed E-state index contributed by atoms with van der Waals surface area (Å²) < 4.78 is 18.6. The van der Waals surface area contributed by atoms with E-state index in [0.717, 1.165) is 26.9 Å². The molecule has 3 aromatic rings. The summed E-state index contributed by atoms with van der Waals surface area (Å²) in [5.74, 6) is 1.54. The zero-order chi connectivity index (χ0) is 29.1. The number of aliphatic hydroxyl groups excluding tert-OH is 1. The van der Waals surface area contributed by atoms with Crippen molar-refractivity contribution in [3.63, 3.8) is 0 Å². The Morgan fingerprint density at radius 2 is 1.88 bits per heavy atom. The Labute approximate surface area is 249 Å². The highest BCUT2D eigenvalue weighted by Crippen LogP contribution is 2.44. The van der Waals surface area contributed by atoms with Crippen molar-refractivity contribution in [2.24, 2.45) is 4.99 Å². The molecule has 0 fully saturated rings. The molecular weight excluding hydrogens is 586 g/mol. The Hall–Kier alpha value is -3.66. The maximum Gasteiger partial charge on any atom is 0.266 e. The molecule has 0 aliphatic carbocycles. The second kappa shape index (κ2) is 14.8. The van der Waals surface area contributed by atoms with Crippen LogP contribution < -0.4 is 20.3 Å². The van der Waals surface area contributed by atoms with Gasteiger partial charge in [0.15, 0.2) is 11.6 Å². The molecule has 0 bridgehead atoms. The largest absolute Gasteiger partial charge is 0.494 e. The van der Waals surface area contributed by atoms with Gasteiger partial charge in [0.2, 0.25) is 5.90 Å². The van der Waals surface area contributed by atoms with Gasteiger partial charge < -0.3 is 19.3 Å². The van der Waals surface area contributed by atoms with Crippen LogP contribution in [0.4, 0.5) is 0 Å². The molecule has 0 aromatic heterocycles. The van der Waals surface area contributed by atoms with E-state index in [0.29, 0.717) is 44.2 Å². The van der Waals surface area contributed by atoms with E-state index in [1.807, 2.05) is 79.7 Å². The molecule has 1 heterocycles. The Balaban J connectivity index is 1.56. The summed E-state index contributed by atoms with van der Waals surface area (Å²) in [5, 5.41) is 8.99.